The Balaban J connectivity index is 2.48. The van der Waals surface area contributed by atoms with Gasteiger partial charge in [-0.1, -0.05) is 13.3 Å². The van der Waals surface area contributed by atoms with Crippen LogP contribution in [0.25, 0.3) is 0 Å². The zero-order valence-electron chi connectivity index (χ0n) is 10.2. The van der Waals surface area contributed by atoms with Gasteiger partial charge in [-0.05, 0) is 32.1 Å². The van der Waals surface area contributed by atoms with E-state index in [2.05, 4.69) is 13.8 Å². The van der Waals surface area contributed by atoms with Crippen LogP contribution in [0.2, 0.25) is 0 Å². The molecule has 1 saturated carbocycles. The molecule has 1 fully saturated rings. The smallest absolute Gasteiger partial charge is 0.226 e. The van der Waals surface area contributed by atoms with Gasteiger partial charge < -0.3 is 10.6 Å². The molecule has 0 radical (unpaired) electrons. The molecule has 15 heavy (non-hydrogen) atoms. The zero-order valence-corrected chi connectivity index (χ0v) is 10.2. The monoisotopic (exact) mass is 212 g/mol. The van der Waals surface area contributed by atoms with Crippen LogP contribution >= 0.6 is 0 Å². The lowest BCUT2D eigenvalue weighted by Crippen LogP contribution is -2.42. The highest BCUT2D eigenvalue weighted by Gasteiger charge is 2.33. The normalized spacial score (nSPS) is 19.7. The molecule has 0 aliphatic heterocycles. The Morgan fingerprint density at radius 2 is 2.13 bits per heavy atom. The number of carbonyl (C=O) groups is 1. The molecule has 2 N–H and O–H groups in total. The number of rotatable bonds is 6. The summed E-state index contributed by atoms with van der Waals surface area (Å²) in [4.78, 5) is 14.0. The number of amides is 1. The van der Waals surface area contributed by atoms with Crippen molar-refractivity contribution < 1.29 is 4.79 Å². The number of hydrogen-bond donors (Lipinski definition) is 1. The standard InChI is InChI=1S/C12H24N2O/c1-4-5-11(8-13)12(15)14(3)9(2)10-6-7-10/h9-11H,4-8,13H2,1-3H3. The van der Waals surface area contributed by atoms with Crippen LogP contribution in [-0.4, -0.2) is 30.4 Å². The molecule has 0 aromatic rings. The maximum absolute atomic E-state index is 12.1. The van der Waals surface area contributed by atoms with Crippen molar-refractivity contribution in [3.63, 3.8) is 0 Å². The lowest BCUT2D eigenvalue weighted by molar-refractivity contribution is -0.136. The summed E-state index contributed by atoms with van der Waals surface area (Å²) in [7, 11) is 1.92. The minimum Gasteiger partial charge on any atom is -0.342 e. The Kier molecular flexibility index (Phi) is 4.58. The number of nitrogens with zero attached hydrogens (tertiary/aromatic N) is 1. The lowest BCUT2D eigenvalue weighted by atomic mass is 10.0. The second-order valence-corrected chi connectivity index (χ2v) is 4.75. The number of carbonyl (C=O) groups excluding carboxylic acids is 1. The molecular weight excluding hydrogens is 188 g/mol. The molecule has 1 aliphatic rings. The largest absolute Gasteiger partial charge is 0.342 e. The van der Waals surface area contributed by atoms with E-state index in [4.69, 9.17) is 5.73 Å². The topological polar surface area (TPSA) is 46.3 Å². The van der Waals surface area contributed by atoms with Crippen molar-refractivity contribution in [2.24, 2.45) is 17.6 Å². The molecule has 1 amide bonds. The van der Waals surface area contributed by atoms with Crippen LogP contribution in [0.5, 0.6) is 0 Å². The Morgan fingerprint density at radius 1 is 1.53 bits per heavy atom. The van der Waals surface area contributed by atoms with Crippen LogP contribution in [0.3, 0.4) is 0 Å². The van der Waals surface area contributed by atoms with Gasteiger partial charge in [-0.3, -0.25) is 4.79 Å². The number of hydrogen-bond acceptors (Lipinski definition) is 2. The van der Waals surface area contributed by atoms with E-state index in [1.807, 2.05) is 11.9 Å². The zero-order chi connectivity index (χ0) is 11.4. The predicted molar refractivity (Wildman–Crippen MR) is 62.4 cm³/mol. The Labute approximate surface area is 93.0 Å². The number of nitrogens with two attached hydrogens (primary N) is 1. The maximum Gasteiger partial charge on any atom is 0.226 e. The summed E-state index contributed by atoms with van der Waals surface area (Å²) in [6.07, 6.45) is 4.50. The van der Waals surface area contributed by atoms with E-state index < -0.39 is 0 Å². The molecule has 3 heteroatoms. The van der Waals surface area contributed by atoms with E-state index in [0.29, 0.717) is 12.6 Å². The van der Waals surface area contributed by atoms with Gasteiger partial charge in [0.25, 0.3) is 0 Å². The van der Waals surface area contributed by atoms with Gasteiger partial charge in [0.05, 0.1) is 5.92 Å². The van der Waals surface area contributed by atoms with Crippen LogP contribution in [0.15, 0.2) is 0 Å². The van der Waals surface area contributed by atoms with Gasteiger partial charge in [0.1, 0.15) is 0 Å². The fourth-order valence-corrected chi connectivity index (χ4v) is 2.07. The molecule has 1 aliphatic carbocycles. The third kappa shape index (κ3) is 3.20. The first-order valence-electron chi connectivity index (χ1n) is 6.08. The first-order valence-corrected chi connectivity index (χ1v) is 6.08. The van der Waals surface area contributed by atoms with Gasteiger partial charge in [0, 0.05) is 19.6 Å². The van der Waals surface area contributed by atoms with Crippen molar-refractivity contribution >= 4 is 5.91 Å². The SMILES string of the molecule is CCCC(CN)C(=O)N(C)C(C)C1CC1. The quantitative estimate of drug-likeness (QED) is 0.727. The van der Waals surface area contributed by atoms with Crippen LogP contribution in [-0.2, 0) is 4.79 Å². The third-order valence-electron chi connectivity index (χ3n) is 3.53. The van der Waals surface area contributed by atoms with Gasteiger partial charge in [0.15, 0.2) is 0 Å². The average Bonchev–Trinajstić information content (AvgIpc) is 3.06. The second-order valence-electron chi connectivity index (χ2n) is 4.75. The Morgan fingerprint density at radius 3 is 2.53 bits per heavy atom. The maximum atomic E-state index is 12.1. The van der Waals surface area contributed by atoms with Crippen LogP contribution in [0.4, 0.5) is 0 Å². The molecule has 1 rings (SSSR count). The summed E-state index contributed by atoms with van der Waals surface area (Å²) >= 11 is 0. The predicted octanol–water partition coefficient (Wildman–Crippen LogP) is 1.62. The molecular formula is C12H24N2O. The minimum absolute atomic E-state index is 0.0289. The average molecular weight is 212 g/mol. The molecule has 0 aromatic carbocycles. The molecule has 2 atom stereocenters. The van der Waals surface area contributed by atoms with Gasteiger partial charge >= 0.3 is 0 Å². The molecule has 0 bridgehead atoms. The molecule has 0 spiro atoms. The minimum atomic E-state index is 0.0289. The van der Waals surface area contributed by atoms with Crippen molar-refractivity contribution in [3.8, 4) is 0 Å². The summed E-state index contributed by atoms with van der Waals surface area (Å²) in [5.74, 6) is 0.999. The summed E-state index contributed by atoms with van der Waals surface area (Å²) in [5.41, 5.74) is 5.64. The molecule has 0 heterocycles. The molecule has 0 aromatic heterocycles. The highest BCUT2D eigenvalue weighted by Crippen LogP contribution is 2.35. The fraction of sp³-hybridized carbons (Fsp3) is 0.917. The Hall–Kier alpha value is -0.570. The van der Waals surface area contributed by atoms with Crippen LogP contribution in [0.1, 0.15) is 39.5 Å². The van der Waals surface area contributed by atoms with Gasteiger partial charge in [0.2, 0.25) is 5.91 Å². The van der Waals surface area contributed by atoms with E-state index in [1.165, 1.54) is 12.8 Å². The first kappa shape index (κ1) is 12.5. The Bertz CT molecular complexity index is 214. The van der Waals surface area contributed by atoms with E-state index in [0.717, 1.165) is 18.8 Å². The summed E-state index contributed by atoms with van der Waals surface area (Å²) in [6.45, 7) is 4.73. The van der Waals surface area contributed by atoms with Crippen molar-refractivity contribution in [2.75, 3.05) is 13.6 Å². The molecule has 3 nitrogen and oxygen atoms in total. The van der Waals surface area contributed by atoms with Crippen LogP contribution < -0.4 is 5.73 Å². The van der Waals surface area contributed by atoms with Crippen LogP contribution in [0, 0.1) is 11.8 Å². The summed E-state index contributed by atoms with van der Waals surface area (Å²) < 4.78 is 0. The summed E-state index contributed by atoms with van der Waals surface area (Å²) in [6, 6.07) is 0.392. The molecule has 2 unspecified atom stereocenters. The van der Waals surface area contributed by atoms with Crippen molar-refractivity contribution in [1.82, 2.24) is 4.90 Å². The van der Waals surface area contributed by atoms with Gasteiger partial charge in [-0.2, -0.15) is 0 Å². The second kappa shape index (κ2) is 5.50. The lowest BCUT2D eigenvalue weighted by Gasteiger charge is -2.28. The molecule has 0 saturated heterocycles. The van der Waals surface area contributed by atoms with Gasteiger partial charge in [-0.25, -0.2) is 0 Å². The van der Waals surface area contributed by atoms with Crippen molar-refractivity contribution in [1.29, 1.82) is 0 Å². The van der Waals surface area contributed by atoms with Crippen molar-refractivity contribution in [3.05, 3.63) is 0 Å². The highest BCUT2D eigenvalue weighted by atomic mass is 16.2. The fourth-order valence-electron chi connectivity index (χ4n) is 2.07. The van der Waals surface area contributed by atoms with E-state index in [9.17, 15) is 4.79 Å². The first-order chi connectivity index (χ1) is 7.11. The van der Waals surface area contributed by atoms with E-state index in [1.54, 1.807) is 0 Å². The third-order valence-corrected chi connectivity index (χ3v) is 3.53. The van der Waals surface area contributed by atoms with Gasteiger partial charge in [-0.15, -0.1) is 0 Å². The van der Waals surface area contributed by atoms with Crippen molar-refractivity contribution in [2.45, 2.75) is 45.6 Å². The van der Waals surface area contributed by atoms with E-state index in [-0.39, 0.29) is 11.8 Å². The summed E-state index contributed by atoms with van der Waals surface area (Å²) in [5, 5.41) is 0. The molecule has 88 valence electrons. The highest BCUT2D eigenvalue weighted by molar-refractivity contribution is 5.79. The van der Waals surface area contributed by atoms with E-state index >= 15 is 0 Å².